The molecule has 1 heterocycles. The summed E-state index contributed by atoms with van der Waals surface area (Å²) in [6, 6.07) is 2.61. The van der Waals surface area contributed by atoms with Gasteiger partial charge in [-0.3, -0.25) is 0 Å². The molecule has 0 saturated heterocycles. The average molecular weight is 326 g/mol. The molecule has 0 aliphatic carbocycles. The van der Waals surface area contributed by atoms with Crippen LogP contribution in [0.25, 0.3) is 0 Å². The zero-order valence-corrected chi connectivity index (χ0v) is 11.0. The first-order valence-electron chi connectivity index (χ1n) is 5.09. The second-order valence-corrected chi connectivity index (χ2v) is 4.40. The number of alkyl halides is 3. The summed E-state index contributed by atoms with van der Waals surface area (Å²) in [7, 11) is 0. The molecule has 0 bridgehead atoms. The fourth-order valence-electron chi connectivity index (χ4n) is 1.36. The van der Waals surface area contributed by atoms with Crippen molar-refractivity contribution in [1.29, 1.82) is 0 Å². The standard InChI is InChI=1S/C11H5Cl2F4N3/c12-6-2-1-5(11(15,16)17)3-8(6)19-9-7(14)4-18-10(13)20-9/h1-4H,(H,18,19,20). The predicted octanol–water partition coefficient (Wildman–Crippen LogP) is 4.68. The number of nitrogens with one attached hydrogen (secondary N) is 1. The van der Waals surface area contributed by atoms with E-state index in [1.807, 2.05) is 0 Å². The van der Waals surface area contributed by atoms with Crippen LogP contribution in [0.5, 0.6) is 0 Å². The Morgan fingerprint density at radius 3 is 2.50 bits per heavy atom. The van der Waals surface area contributed by atoms with E-state index in [1.165, 1.54) is 0 Å². The molecule has 3 nitrogen and oxygen atoms in total. The zero-order chi connectivity index (χ0) is 14.9. The molecule has 20 heavy (non-hydrogen) atoms. The Hall–Kier alpha value is -1.60. The maximum atomic E-state index is 13.4. The first kappa shape index (κ1) is 14.8. The van der Waals surface area contributed by atoms with Crippen molar-refractivity contribution in [3.8, 4) is 0 Å². The smallest absolute Gasteiger partial charge is 0.336 e. The fourth-order valence-corrected chi connectivity index (χ4v) is 1.66. The molecule has 106 valence electrons. The summed E-state index contributed by atoms with van der Waals surface area (Å²) < 4.78 is 51.2. The zero-order valence-electron chi connectivity index (χ0n) is 9.47. The highest BCUT2D eigenvalue weighted by atomic mass is 35.5. The van der Waals surface area contributed by atoms with E-state index >= 15 is 0 Å². The van der Waals surface area contributed by atoms with Crippen LogP contribution in [-0.4, -0.2) is 9.97 Å². The van der Waals surface area contributed by atoms with Crippen molar-refractivity contribution in [3.05, 3.63) is 46.1 Å². The summed E-state index contributed by atoms with van der Waals surface area (Å²) in [5.74, 6) is -1.24. The van der Waals surface area contributed by atoms with Crippen LogP contribution in [0.4, 0.5) is 29.1 Å². The van der Waals surface area contributed by atoms with E-state index in [1.54, 1.807) is 0 Å². The molecule has 9 heteroatoms. The van der Waals surface area contributed by atoms with Crippen LogP contribution in [0.1, 0.15) is 5.56 Å². The van der Waals surface area contributed by atoms with Crippen LogP contribution in [-0.2, 0) is 6.18 Å². The van der Waals surface area contributed by atoms with E-state index < -0.39 is 17.6 Å². The maximum Gasteiger partial charge on any atom is 0.416 e. The van der Waals surface area contributed by atoms with E-state index in [0.29, 0.717) is 0 Å². The van der Waals surface area contributed by atoms with Gasteiger partial charge in [0.1, 0.15) is 0 Å². The van der Waals surface area contributed by atoms with Crippen LogP contribution < -0.4 is 5.32 Å². The Bertz CT molecular complexity index is 646. The third-order valence-corrected chi connectivity index (χ3v) is 2.77. The van der Waals surface area contributed by atoms with Gasteiger partial charge in [0.15, 0.2) is 11.6 Å². The largest absolute Gasteiger partial charge is 0.416 e. The second-order valence-electron chi connectivity index (χ2n) is 3.65. The molecule has 0 radical (unpaired) electrons. The minimum absolute atomic E-state index is 0.0212. The van der Waals surface area contributed by atoms with Crippen molar-refractivity contribution in [2.45, 2.75) is 6.18 Å². The highest BCUT2D eigenvalue weighted by Crippen LogP contribution is 2.35. The first-order chi connectivity index (χ1) is 9.27. The van der Waals surface area contributed by atoms with Gasteiger partial charge >= 0.3 is 6.18 Å². The van der Waals surface area contributed by atoms with Gasteiger partial charge in [-0.1, -0.05) is 11.6 Å². The van der Waals surface area contributed by atoms with Crippen LogP contribution in [0, 0.1) is 5.82 Å². The van der Waals surface area contributed by atoms with E-state index in [4.69, 9.17) is 23.2 Å². The Labute approximate surface area is 120 Å². The van der Waals surface area contributed by atoms with E-state index in [-0.39, 0.29) is 21.8 Å². The van der Waals surface area contributed by atoms with E-state index in [9.17, 15) is 17.6 Å². The van der Waals surface area contributed by atoms with Crippen molar-refractivity contribution in [3.63, 3.8) is 0 Å². The summed E-state index contributed by atoms with van der Waals surface area (Å²) in [4.78, 5) is 6.92. The van der Waals surface area contributed by atoms with Crippen molar-refractivity contribution in [2.75, 3.05) is 5.32 Å². The minimum Gasteiger partial charge on any atom is -0.336 e. The first-order valence-corrected chi connectivity index (χ1v) is 5.85. The van der Waals surface area contributed by atoms with Gasteiger partial charge in [0, 0.05) is 0 Å². The molecule has 0 amide bonds. The molecule has 0 aliphatic heterocycles. The molecule has 0 unspecified atom stereocenters. The molecule has 1 aromatic carbocycles. The van der Waals surface area contributed by atoms with Crippen molar-refractivity contribution in [1.82, 2.24) is 9.97 Å². The number of hydrogen-bond acceptors (Lipinski definition) is 3. The molecule has 1 aromatic heterocycles. The van der Waals surface area contributed by atoms with Gasteiger partial charge in [-0.05, 0) is 29.8 Å². The van der Waals surface area contributed by atoms with E-state index in [0.717, 1.165) is 24.4 Å². The molecular formula is C11H5Cl2F4N3. The molecule has 1 N–H and O–H groups in total. The number of benzene rings is 1. The fraction of sp³-hybridized carbons (Fsp3) is 0.0909. The monoisotopic (exact) mass is 325 g/mol. The molecule has 2 rings (SSSR count). The van der Waals surface area contributed by atoms with Gasteiger partial charge < -0.3 is 5.32 Å². The predicted molar refractivity (Wildman–Crippen MR) is 66.7 cm³/mol. The lowest BCUT2D eigenvalue weighted by molar-refractivity contribution is -0.137. The Morgan fingerprint density at radius 1 is 1.15 bits per heavy atom. The van der Waals surface area contributed by atoms with Gasteiger partial charge in [-0.25, -0.2) is 9.37 Å². The van der Waals surface area contributed by atoms with Gasteiger partial charge in [-0.2, -0.15) is 18.2 Å². The summed E-state index contributed by atoms with van der Waals surface area (Å²) in [5, 5.41) is 2.08. The SMILES string of the molecule is Fc1cnc(Cl)nc1Nc1cc(C(F)(F)F)ccc1Cl. The number of rotatable bonds is 2. The summed E-state index contributed by atoms with van der Waals surface area (Å²) in [6.07, 6.45) is -3.75. The molecular weight excluding hydrogens is 321 g/mol. The molecule has 0 saturated carbocycles. The van der Waals surface area contributed by atoms with Crippen molar-refractivity contribution in [2.24, 2.45) is 0 Å². The third-order valence-electron chi connectivity index (χ3n) is 2.26. The quantitative estimate of drug-likeness (QED) is 0.643. The van der Waals surface area contributed by atoms with Crippen LogP contribution >= 0.6 is 23.2 Å². The average Bonchev–Trinajstić information content (AvgIpc) is 2.35. The second kappa shape index (κ2) is 5.41. The number of halogens is 6. The van der Waals surface area contributed by atoms with Crippen LogP contribution in [0.3, 0.4) is 0 Å². The van der Waals surface area contributed by atoms with Crippen molar-refractivity contribution < 1.29 is 17.6 Å². The van der Waals surface area contributed by atoms with E-state index in [2.05, 4.69) is 15.3 Å². The topological polar surface area (TPSA) is 37.8 Å². The van der Waals surface area contributed by atoms with Gasteiger partial charge in [0.05, 0.1) is 22.5 Å². The summed E-state index contributed by atoms with van der Waals surface area (Å²) in [6.45, 7) is 0. The summed E-state index contributed by atoms with van der Waals surface area (Å²) in [5.41, 5.74) is -1.07. The molecule has 2 aromatic rings. The molecule has 0 spiro atoms. The highest BCUT2D eigenvalue weighted by Gasteiger charge is 2.31. The highest BCUT2D eigenvalue weighted by molar-refractivity contribution is 6.33. The van der Waals surface area contributed by atoms with Gasteiger partial charge in [0.2, 0.25) is 5.28 Å². The lowest BCUT2D eigenvalue weighted by atomic mass is 10.2. The number of hydrogen-bond donors (Lipinski definition) is 1. The van der Waals surface area contributed by atoms with Crippen LogP contribution in [0.15, 0.2) is 24.4 Å². The minimum atomic E-state index is -4.54. The lowest BCUT2D eigenvalue weighted by Gasteiger charge is -2.12. The third kappa shape index (κ3) is 3.29. The lowest BCUT2D eigenvalue weighted by Crippen LogP contribution is -2.06. The van der Waals surface area contributed by atoms with Crippen LogP contribution in [0.2, 0.25) is 10.3 Å². The molecule has 0 aliphatic rings. The maximum absolute atomic E-state index is 13.4. The van der Waals surface area contributed by atoms with Gasteiger partial charge in [-0.15, -0.1) is 0 Å². The number of anilines is 2. The molecule has 0 atom stereocenters. The Morgan fingerprint density at radius 2 is 1.85 bits per heavy atom. The number of aromatic nitrogens is 2. The Kier molecular flexibility index (Phi) is 4.01. The normalized spacial score (nSPS) is 11.5. The van der Waals surface area contributed by atoms with Gasteiger partial charge in [0.25, 0.3) is 0 Å². The number of nitrogens with zero attached hydrogens (tertiary/aromatic N) is 2. The Balaban J connectivity index is 2.40. The summed E-state index contributed by atoms with van der Waals surface area (Å²) >= 11 is 11.2. The molecule has 0 fully saturated rings. The van der Waals surface area contributed by atoms with Crippen molar-refractivity contribution >= 4 is 34.7 Å².